The molecule has 6 nitrogen and oxygen atoms in total. The van der Waals surface area contributed by atoms with Gasteiger partial charge in [0.1, 0.15) is 5.69 Å². The van der Waals surface area contributed by atoms with Crippen molar-refractivity contribution < 1.29 is 19.5 Å². The zero-order valence-corrected chi connectivity index (χ0v) is 10.5. The van der Waals surface area contributed by atoms with E-state index < -0.39 is 17.4 Å². The Morgan fingerprint density at radius 3 is 2.44 bits per heavy atom. The number of amides is 1. The van der Waals surface area contributed by atoms with Crippen molar-refractivity contribution in [2.45, 2.75) is 32.7 Å². The Morgan fingerprint density at radius 2 is 2.00 bits per heavy atom. The Hall–Kier alpha value is -2.11. The fourth-order valence-corrected chi connectivity index (χ4v) is 1.53. The third-order valence-electron chi connectivity index (χ3n) is 2.38. The maximum Gasteiger partial charge on any atom is 0.305 e. The number of carboxylic acids is 1. The quantitative estimate of drug-likeness (QED) is 0.685. The molecule has 1 aromatic heterocycles. The highest BCUT2D eigenvalue weighted by Gasteiger charge is 2.25. The molecule has 0 radical (unpaired) electrons. The number of rotatable bonds is 5. The molecule has 1 rings (SSSR count). The van der Waals surface area contributed by atoms with Crippen LogP contribution in [0.15, 0.2) is 12.3 Å². The number of aromatic amines is 1. The highest BCUT2D eigenvalue weighted by molar-refractivity contribution is 5.99. The molecule has 1 heterocycles. The van der Waals surface area contributed by atoms with E-state index >= 15 is 0 Å². The number of carbonyl (C=O) groups excluding carboxylic acids is 2. The minimum absolute atomic E-state index is 0.143. The molecule has 0 spiro atoms. The second kappa shape index (κ2) is 5.03. The van der Waals surface area contributed by atoms with Crippen LogP contribution in [0.4, 0.5) is 0 Å². The van der Waals surface area contributed by atoms with Gasteiger partial charge in [0, 0.05) is 17.3 Å². The molecule has 0 fully saturated rings. The van der Waals surface area contributed by atoms with Gasteiger partial charge in [-0.05, 0) is 26.8 Å². The molecular formula is C12H16N2O4. The molecule has 98 valence electrons. The topological polar surface area (TPSA) is 99.3 Å². The fourth-order valence-electron chi connectivity index (χ4n) is 1.53. The molecule has 0 bridgehead atoms. The molecule has 1 aromatic rings. The van der Waals surface area contributed by atoms with Gasteiger partial charge in [0.2, 0.25) is 0 Å². The summed E-state index contributed by atoms with van der Waals surface area (Å²) in [5, 5.41) is 11.3. The van der Waals surface area contributed by atoms with Crippen LogP contribution in [0.3, 0.4) is 0 Å². The van der Waals surface area contributed by atoms with Crippen LogP contribution in [-0.2, 0) is 4.79 Å². The average Bonchev–Trinajstić information content (AvgIpc) is 2.62. The molecule has 0 saturated heterocycles. The maximum absolute atomic E-state index is 11.8. The molecule has 18 heavy (non-hydrogen) atoms. The van der Waals surface area contributed by atoms with Gasteiger partial charge in [-0.2, -0.15) is 0 Å². The van der Waals surface area contributed by atoms with Crippen LogP contribution >= 0.6 is 0 Å². The van der Waals surface area contributed by atoms with Crippen LogP contribution in [0.5, 0.6) is 0 Å². The highest BCUT2D eigenvalue weighted by atomic mass is 16.4. The molecule has 0 aliphatic rings. The summed E-state index contributed by atoms with van der Waals surface area (Å²) < 4.78 is 0. The number of nitrogens with one attached hydrogen (secondary N) is 2. The van der Waals surface area contributed by atoms with Crippen molar-refractivity contribution in [1.29, 1.82) is 0 Å². The fraction of sp³-hybridized carbons (Fsp3) is 0.417. The molecule has 0 aliphatic carbocycles. The third kappa shape index (κ3) is 3.73. The Labute approximate surface area is 104 Å². The summed E-state index contributed by atoms with van der Waals surface area (Å²) in [6.07, 6.45) is 1.26. The van der Waals surface area contributed by atoms with E-state index in [-0.39, 0.29) is 17.9 Å². The molecule has 6 heteroatoms. The largest absolute Gasteiger partial charge is 0.481 e. The molecule has 1 amide bonds. The van der Waals surface area contributed by atoms with Crippen molar-refractivity contribution in [3.63, 3.8) is 0 Å². The van der Waals surface area contributed by atoms with Crippen molar-refractivity contribution in [2.24, 2.45) is 0 Å². The van der Waals surface area contributed by atoms with E-state index in [0.717, 1.165) is 0 Å². The number of hydrogen-bond donors (Lipinski definition) is 3. The number of aromatic nitrogens is 1. The lowest BCUT2D eigenvalue weighted by Gasteiger charge is -2.23. The van der Waals surface area contributed by atoms with Crippen LogP contribution in [0.1, 0.15) is 48.0 Å². The number of Topliss-reactive ketones (excluding diaryl/α,β-unsaturated/α-hetero) is 1. The van der Waals surface area contributed by atoms with Crippen LogP contribution in [-0.4, -0.2) is 33.3 Å². The van der Waals surface area contributed by atoms with Gasteiger partial charge in [0.05, 0.1) is 6.42 Å². The maximum atomic E-state index is 11.8. The first-order chi connectivity index (χ1) is 8.21. The van der Waals surface area contributed by atoms with Crippen LogP contribution in [0, 0.1) is 0 Å². The molecule has 3 N–H and O–H groups in total. The molecule has 0 unspecified atom stereocenters. The molecular weight excluding hydrogens is 236 g/mol. The second-order valence-electron chi connectivity index (χ2n) is 4.77. The van der Waals surface area contributed by atoms with Gasteiger partial charge in [-0.1, -0.05) is 0 Å². The zero-order valence-electron chi connectivity index (χ0n) is 10.5. The van der Waals surface area contributed by atoms with E-state index in [9.17, 15) is 14.4 Å². The Morgan fingerprint density at radius 1 is 1.39 bits per heavy atom. The van der Waals surface area contributed by atoms with E-state index in [1.165, 1.54) is 19.2 Å². The predicted molar refractivity (Wildman–Crippen MR) is 64.6 cm³/mol. The molecule has 0 saturated carbocycles. The number of aliphatic carboxylic acids is 1. The SMILES string of the molecule is CC(=O)c1c[nH]c(C(=O)NC(C)(C)CC(=O)O)c1. The summed E-state index contributed by atoms with van der Waals surface area (Å²) in [6.45, 7) is 4.64. The van der Waals surface area contributed by atoms with Crippen molar-refractivity contribution in [2.75, 3.05) is 0 Å². The van der Waals surface area contributed by atoms with E-state index in [1.54, 1.807) is 13.8 Å². The van der Waals surface area contributed by atoms with E-state index in [2.05, 4.69) is 10.3 Å². The number of carboxylic acid groups (broad SMARTS) is 1. The lowest BCUT2D eigenvalue weighted by molar-refractivity contribution is -0.138. The zero-order chi connectivity index (χ0) is 13.9. The van der Waals surface area contributed by atoms with Crippen molar-refractivity contribution >= 4 is 17.7 Å². The first-order valence-electron chi connectivity index (χ1n) is 5.45. The lowest BCUT2D eigenvalue weighted by Crippen LogP contribution is -2.45. The van der Waals surface area contributed by atoms with Gasteiger partial charge >= 0.3 is 5.97 Å². The van der Waals surface area contributed by atoms with Gasteiger partial charge in [-0.15, -0.1) is 0 Å². The highest BCUT2D eigenvalue weighted by Crippen LogP contribution is 2.11. The smallest absolute Gasteiger partial charge is 0.305 e. The van der Waals surface area contributed by atoms with Gasteiger partial charge < -0.3 is 15.4 Å². The van der Waals surface area contributed by atoms with Gasteiger partial charge in [0.25, 0.3) is 5.91 Å². The van der Waals surface area contributed by atoms with Gasteiger partial charge in [0.15, 0.2) is 5.78 Å². The molecule has 0 aromatic carbocycles. The van der Waals surface area contributed by atoms with Crippen molar-refractivity contribution in [1.82, 2.24) is 10.3 Å². The minimum atomic E-state index is -0.990. The first kappa shape index (κ1) is 14.0. The first-order valence-corrected chi connectivity index (χ1v) is 5.45. The van der Waals surface area contributed by atoms with Crippen molar-refractivity contribution in [3.8, 4) is 0 Å². The molecule has 0 aliphatic heterocycles. The van der Waals surface area contributed by atoms with Crippen LogP contribution < -0.4 is 5.32 Å². The summed E-state index contributed by atoms with van der Waals surface area (Å²) in [7, 11) is 0. The monoisotopic (exact) mass is 252 g/mol. The predicted octanol–water partition coefficient (Wildman–Crippen LogP) is 1.20. The number of ketones is 1. The van der Waals surface area contributed by atoms with E-state index in [4.69, 9.17) is 5.11 Å². The van der Waals surface area contributed by atoms with Crippen LogP contribution in [0.25, 0.3) is 0 Å². The Kier molecular flexibility index (Phi) is 3.90. The minimum Gasteiger partial charge on any atom is -0.481 e. The van der Waals surface area contributed by atoms with Gasteiger partial charge in [-0.25, -0.2) is 0 Å². The van der Waals surface area contributed by atoms with Crippen molar-refractivity contribution in [3.05, 3.63) is 23.5 Å². The third-order valence-corrected chi connectivity index (χ3v) is 2.38. The normalized spacial score (nSPS) is 11.1. The van der Waals surface area contributed by atoms with E-state index in [0.29, 0.717) is 5.56 Å². The number of carbonyl (C=O) groups is 3. The average molecular weight is 252 g/mol. The molecule has 0 atom stereocenters. The summed E-state index contributed by atoms with van der Waals surface area (Å²) >= 11 is 0. The van der Waals surface area contributed by atoms with E-state index in [1.807, 2.05) is 0 Å². The summed E-state index contributed by atoms with van der Waals surface area (Å²) in [5.41, 5.74) is -0.209. The number of H-pyrrole nitrogens is 1. The number of hydrogen-bond acceptors (Lipinski definition) is 3. The Bertz CT molecular complexity index is 488. The lowest BCUT2D eigenvalue weighted by atomic mass is 10.0. The summed E-state index contributed by atoms with van der Waals surface area (Å²) in [4.78, 5) is 36.2. The second-order valence-corrected chi connectivity index (χ2v) is 4.77. The standard InChI is InChI=1S/C12H16N2O4/c1-7(15)8-4-9(13-6-8)11(18)14-12(2,3)5-10(16)17/h4,6,13H,5H2,1-3H3,(H,14,18)(H,16,17). The Balaban J connectivity index is 2.75. The van der Waals surface area contributed by atoms with Gasteiger partial charge in [-0.3, -0.25) is 14.4 Å². The van der Waals surface area contributed by atoms with Crippen LogP contribution in [0.2, 0.25) is 0 Å². The summed E-state index contributed by atoms with van der Waals surface area (Å²) in [5.74, 6) is -1.57. The summed E-state index contributed by atoms with van der Waals surface area (Å²) in [6, 6.07) is 1.44.